The third-order valence-electron chi connectivity index (χ3n) is 5.01. The second kappa shape index (κ2) is 9.22. The SMILES string of the molecule is COc1cc(OC)cc(-n2nc(C(=O)Nc3cc(Cl)ccc3OC)c3ccccc3c2=O)c1. The summed E-state index contributed by atoms with van der Waals surface area (Å²) in [5.74, 6) is 0.847. The number of nitrogens with zero attached hydrogens (tertiary/aromatic N) is 2. The minimum absolute atomic E-state index is 0.0500. The number of benzene rings is 3. The van der Waals surface area contributed by atoms with Crippen LogP contribution >= 0.6 is 11.6 Å². The van der Waals surface area contributed by atoms with Gasteiger partial charge in [-0.2, -0.15) is 9.78 Å². The fraction of sp³-hybridized carbons (Fsp3) is 0.125. The molecule has 9 heteroatoms. The minimum Gasteiger partial charge on any atom is -0.497 e. The zero-order chi connectivity index (χ0) is 23.5. The molecule has 0 saturated carbocycles. The monoisotopic (exact) mass is 465 g/mol. The van der Waals surface area contributed by atoms with Crippen LogP contribution in [0.4, 0.5) is 5.69 Å². The van der Waals surface area contributed by atoms with Crippen LogP contribution in [0.2, 0.25) is 5.02 Å². The Labute approximate surface area is 194 Å². The molecule has 0 radical (unpaired) electrons. The molecule has 0 atom stereocenters. The molecule has 4 aromatic rings. The highest BCUT2D eigenvalue weighted by molar-refractivity contribution is 6.31. The molecule has 0 aliphatic carbocycles. The van der Waals surface area contributed by atoms with Gasteiger partial charge in [0, 0.05) is 28.6 Å². The van der Waals surface area contributed by atoms with Crippen molar-refractivity contribution in [1.82, 2.24) is 9.78 Å². The van der Waals surface area contributed by atoms with Crippen LogP contribution in [0.25, 0.3) is 16.5 Å². The van der Waals surface area contributed by atoms with Crippen molar-refractivity contribution in [2.24, 2.45) is 0 Å². The Bertz CT molecular complexity index is 1400. The second-order valence-corrected chi connectivity index (χ2v) is 7.42. The Hall–Kier alpha value is -4.04. The van der Waals surface area contributed by atoms with Crippen molar-refractivity contribution in [2.75, 3.05) is 26.6 Å². The Morgan fingerprint density at radius 3 is 2.21 bits per heavy atom. The van der Waals surface area contributed by atoms with Gasteiger partial charge in [0.1, 0.15) is 17.2 Å². The van der Waals surface area contributed by atoms with E-state index in [1.807, 2.05) is 0 Å². The standard InChI is InChI=1S/C24H20ClN3O5/c1-31-16-11-15(12-17(13-16)32-2)28-24(30)19-7-5-4-6-18(19)22(27-28)23(29)26-20-10-14(25)8-9-21(20)33-3/h4-13H,1-3H3,(H,26,29). The normalized spacial score (nSPS) is 10.7. The molecule has 8 nitrogen and oxygen atoms in total. The molecule has 4 rings (SSSR count). The molecular weight excluding hydrogens is 446 g/mol. The third-order valence-corrected chi connectivity index (χ3v) is 5.25. The summed E-state index contributed by atoms with van der Waals surface area (Å²) in [6.07, 6.45) is 0. The van der Waals surface area contributed by atoms with E-state index in [0.29, 0.717) is 44.4 Å². The van der Waals surface area contributed by atoms with E-state index in [0.717, 1.165) is 4.68 Å². The Morgan fingerprint density at radius 1 is 0.909 bits per heavy atom. The van der Waals surface area contributed by atoms with Crippen molar-refractivity contribution in [1.29, 1.82) is 0 Å². The van der Waals surface area contributed by atoms with E-state index in [9.17, 15) is 9.59 Å². The van der Waals surface area contributed by atoms with Crippen LogP contribution in [0.3, 0.4) is 0 Å². The maximum atomic E-state index is 13.3. The topological polar surface area (TPSA) is 91.7 Å². The number of methoxy groups -OCH3 is 3. The predicted molar refractivity (Wildman–Crippen MR) is 126 cm³/mol. The van der Waals surface area contributed by atoms with Crippen molar-refractivity contribution in [3.63, 3.8) is 0 Å². The van der Waals surface area contributed by atoms with E-state index in [1.165, 1.54) is 21.3 Å². The summed E-state index contributed by atoms with van der Waals surface area (Å²) in [6.45, 7) is 0. The Kier molecular flexibility index (Phi) is 6.19. The lowest BCUT2D eigenvalue weighted by molar-refractivity contribution is 0.102. The summed E-state index contributed by atoms with van der Waals surface area (Å²) in [4.78, 5) is 26.6. The van der Waals surface area contributed by atoms with Crippen LogP contribution in [0.5, 0.6) is 17.2 Å². The quantitative estimate of drug-likeness (QED) is 0.456. The van der Waals surface area contributed by atoms with Gasteiger partial charge in [-0.1, -0.05) is 29.8 Å². The number of rotatable bonds is 6. The van der Waals surface area contributed by atoms with Crippen LogP contribution in [0.15, 0.2) is 65.5 Å². The maximum absolute atomic E-state index is 13.3. The van der Waals surface area contributed by atoms with Gasteiger partial charge in [0.25, 0.3) is 11.5 Å². The van der Waals surface area contributed by atoms with Gasteiger partial charge in [0.05, 0.1) is 38.1 Å². The van der Waals surface area contributed by atoms with Crippen LogP contribution in [0, 0.1) is 0 Å². The second-order valence-electron chi connectivity index (χ2n) is 6.98. The van der Waals surface area contributed by atoms with Crippen molar-refractivity contribution < 1.29 is 19.0 Å². The van der Waals surface area contributed by atoms with E-state index < -0.39 is 11.5 Å². The summed E-state index contributed by atoms with van der Waals surface area (Å²) >= 11 is 6.09. The van der Waals surface area contributed by atoms with Gasteiger partial charge >= 0.3 is 0 Å². The molecular formula is C24H20ClN3O5. The summed E-state index contributed by atoms with van der Waals surface area (Å²) in [5, 5.41) is 8.35. The number of halogens is 1. The number of carbonyl (C=O) groups is 1. The summed E-state index contributed by atoms with van der Waals surface area (Å²) < 4.78 is 17.1. The lowest BCUT2D eigenvalue weighted by atomic mass is 10.1. The molecule has 1 aromatic heterocycles. The van der Waals surface area contributed by atoms with Gasteiger partial charge in [-0.25, -0.2) is 0 Å². The molecule has 1 heterocycles. The molecule has 0 aliphatic heterocycles. The van der Waals surface area contributed by atoms with Gasteiger partial charge in [-0.15, -0.1) is 0 Å². The van der Waals surface area contributed by atoms with Gasteiger partial charge in [-0.3, -0.25) is 9.59 Å². The largest absolute Gasteiger partial charge is 0.497 e. The number of ether oxygens (including phenoxy) is 3. The van der Waals surface area contributed by atoms with Crippen LogP contribution in [-0.2, 0) is 0 Å². The van der Waals surface area contributed by atoms with Crippen LogP contribution in [0.1, 0.15) is 10.5 Å². The molecule has 0 aliphatic rings. The zero-order valence-electron chi connectivity index (χ0n) is 18.1. The predicted octanol–water partition coefficient (Wildman–Crippen LogP) is 4.32. The number of hydrogen-bond donors (Lipinski definition) is 1. The van der Waals surface area contributed by atoms with E-state index in [2.05, 4.69) is 10.4 Å². The Morgan fingerprint density at radius 2 is 1.58 bits per heavy atom. The fourth-order valence-corrected chi connectivity index (χ4v) is 3.58. The van der Waals surface area contributed by atoms with Gasteiger partial charge in [0.2, 0.25) is 0 Å². The van der Waals surface area contributed by atoms with Gasteiger partial charge in [-0.05, 0) is 24.3 Å². The number of hydrogen-bond acceptors (Lipinski definition) is 6. The van der Waals surface area contributed by atoms with Crippen LogP contribution < -0.4 is 25.1 Å². The summed E-state index contributed by atoms with van der Waals surface area (Å²) in [6, 6.07) is 16.6. The molecule has 0 unspecified atom stereocenters. The molecule has 33 heavy (non-hydrogen) atoms. The molecule has 0 saturated heterocycles. The fourth-order valence-electron chi connectivity index (χ4n) is 3.41. The minimum atomic E-state index is -0.532. The lowest BCUT2D eigenvalue weighted by Crippen LogP contribution is -2.26. The highest BCUT2D eigenvalue weighted by Crippen LogP contribution is 2.29. The third kappa shape index (κ3) is 4.33. The van der Waals surface area contributed by atoms with Crippen molar-refractivity contribution >= 4 is 34.0 Å². The molecule has 0 bridgehead atoms. The first-order valence-corrected chi connectivity index (χ1v) is 10.2. The molecule has 1 N–H and O–H groups in total. The van der Waals surface area contributed by atoms with Crippen LogP contribution in [-0.4, -0.2) is 37.0 Å². The number of carbonyl (C=O) groups excluding carboxylic acids is 1. The van der Waals surface area contributed by atoms with E-state index in [-0.39, 0.29) is 5.69 Å². The zero-order valence-corrected chi connectivity index (χ0v) is 18.8. The van der Waals surface area contributed by atoms with E-state index in [4.69, 9.17) is 25.8 Å². The molecule has 168 valence electrons. The van der Waals surface area contributed by atoms with E-state index in [1.54, 1.807) is 60.7 Å². The molecule has 0 fully saturated rings. The lowest BCUT2D eigenvalue weighted by Gasteiger charge is -2.14. The van der Waals surface area contributed by atoms with Crippen molar-refractivity contribution in [3.05, 3.63) is 81.7 Å². The first-order chi connectivity index (χ1) is 15.9. The maximum Gasteiger partial charge on any atom is 0.279 e. The van der Waals surface area contributed by atoms with Gasteiger partial charge in [0.15, 0.2) is 5.69 Å². The average Bonchev–Trinajstić information content (AvgIpc) is 2.84. The number of fused-ring (bicyclic) bond motifs is 1. The Balaban J connectivity index is 1.90. The summed E-state index contributed by atoms with van der Waals surface area (Å²) in [7, 11) is 4.50. The van der Waals surface area contributed by atoms with Crippen molar-refractivity contribution in [2.45, 2.75) is 0 Å². The highest BCUT2D eigenvalue weighted by atomic mass is 35.5. The molecule has 0 spiro atoms. The molecule has 3 aromatic carbocycles. The smallest absolute Gasteiger partial charge is 0.279 e. The van der Waals surface area contributed by atoms with Gasteiger partial charge < -0.3 is 19.5 Å². The number of anilines is 1. The average molecular weight is 466 g/mol. The first-order valence-electron chi connectivity index (χ1n) is 9.85. The van der Waals surface area contributed by atoms with Crippen molar-refractivity contribution in [3.8, 4) is 22.9 Å². The molecule has 1 amide bonds. The number of nitrogens with one attached hydrogen (secondary N) is 1. The number of aromatic nitrogens is 2. The first kappa shape index (κ1) is 22.2. The highest BCUT2D eigenvalue weighted by Gasteiger charge is 2.19. The number of amides is 1. The summed E-state index contributed by atoms with van der Waals surface area (Å²) in [5.41, 5.74) is 0.421. The van der Waals surface area contributed by atoms with E-state index >= 15 is 0 Å².